The van der Waals surface area contributed by atoms with Gasteiger partial charge in [0.2, 0.25) is 0 Å². The number of anilines is 1. The Balaban J connectivity index is 2.42. The Morgan fingerprint density at radius 2 is 2.38 bits per heavy atom. The van der Waals surface area contributed by atoms with Crippen LogP contribution in [0.15, 0.2) is 16.7 Å². The number of nitrogens with zero attached hydrogens (tertiary/aromatic N) is 1. The molecule has 0 fully saturated rings. The van der Waals surface area contributed by atoms with Crippen molar-refractivity contribution in [3.8, 4) is 5.75 Å². The fourth-order valence-electron chi connectivity index (χ4n) is 1.07. The normalized spacial score (nSPS) is 20.2. The molecule has 1 aliphatic rings. The topological polar surface area (TPSA) is 51.2 Å². The molecule has 0 spiro atoms. The monoisotopic (exact) mass is 242 g/mol. The van der Waals surface area contributed by atoms with Crippen molar-refractivity contribution in [3.63, 3.8) is 0 Å². The van der Waals surface area contributed by atoms with E-state index >= 15 is 0 Å². The highest BCUT2D eigenvalue weighted by Gasteiger charge is 2.24. The van der Waals surface area contributed by atoms with Gasteiger partial charge in [0.1, 0.15) is 4.60 Å². The van der Waals surface area contributed by atoms with E-state index in [2.05, 4.69) is 26.2 Å². The minimum atomic E-state index is -0.449. The minimum Gasteiger partial charge on any atom is -0.477 e. The summed E-state index contributed by atoms with van der Waals surface area (Å²) in [6.45, 7) is 1.69. The van der Waals surface area contributed by atoms with Gasteiger partial charge in [-0.15, -0.1) is 0 Å². The van der Waals surface area contributed by atoms with E-state index in [4.69, 9.17) is 4.74 Å². The van der Waals surface area contributed by atoms with Crippen molar-refractivity contribution >= 4 is 27.7 Å². The zero-order chi connectivity index (χ0) is 9.42. The van der Waals surface area contributed by atoms with Crippen LogP contribution in [0.5, 0.6) is 5.75 Å². The number of carbonyl (C=O) groups excluding carboxylic acids is 1. The second kappa shape index (κ2) is 2.99. The molecule has 0 saturated heterocycles. The molecule has 1 amide bonds. The molecule has 0 bridgehead atoms. The summed E-state index contributed by atoms with van der Waals surface area (Å²) in [6, 6.07) is 3.53. The molecule has 0 saturated carbocycles. The van der Waals surface area contributed by atoms with Crippen molar-refractivity contribution in [2.45, 2.75) is 13.0 Å². The summed E-state index contributed by atoms with van der Waals surface area (Å²) < 4.78 is 5.97. The fraction of sp³-hybridized carbons (Fsp3) is 0.250. The lowest BCUT2D eigenvalue weighted by Crippen LogP contribution is -2.34. The van der Waals surface area contributed by atoms with Gasteiger partial charge in [0.05, 0.1) is 0 Å². The van der Waals surface area contributed by atoms with Crippen LogP contribution in [0, 0.1) is 0 Å². The third kappa shape index (κ3) is 1.51. The fourth-order valence-corrected chi connectivity index (χ4v) is 1.38. The van der Waals surface area contributed by atoms with E-state index in [-0.39, 0.29) is 5.91 Å². The Labute approximate surface area is 83.4 Å². The molecule has 1 aromatic heterocycles. The van der Waals surface area contributed by atoms with Crippen LogP contribution in [0.3, 0.4) is 0 Å². The van der Waals surface area contributed by atoms with Crippen LogP contribution in [0.4, 0.5) is 5.82 Å². The predicted molar refractivity (Wildman–Crippen MR) is 50.7 cm³/mol. The first-order chi connectivity index (χ1) is 6.16. The smallest absolute Gasteiger partial charge is 0.266 e. The van der Waals surface area contributed by atoms with Crippen LogP contribution in [0.25, 0.3) is 0 Å². The zero-order valence-corrected chi connectivity index (χ0v) is 8.46. The molecular formula is C8H7BrN2O2. The van der Waals surface area contributed by atoms with Crippen LogP contribution in [-0.4, -0.2) is 17.0 Å². The Hall–Kier alpha value is -1.10. The van der Waals surface area contributed by atoms with Crippen LogP contribution in [-0.2, 0) is 4.79 Å². The average Bonchev–Trinajstić information content (AvgIpc) is 2.08. The number of hydrogen-bond acceptors (Lipinski definition) is 3. The van der Waals surface area contributed by atoms with E-state index in [0.717, 1.165) is 0 Å². The summed E-state index contributed by atoms with van der Waals surface area (Å²) in [4.78, 5) is 15.2. The highest BCUT2D eigenvalue weighted by Crippen LogP contribution is 2.28. The number of pyridine rings is 1. The van der Waals surface area contributed by atoms with Gasteiger partial charge in [-0.2, -0.15) is 0 Å². The van der Waals surface area contributed by atoms with Gasteiger partial charge in [0.25, 0.3) is 5.91 Å². The molecular weight excluding hydrogens is 236 g/mol. The number of hydrogen-bond donors (Lipinski definition) is 1. The van der Waals surface area contributed by atoms with Crippen LogP contribution < -0.4 is 10.1 Å². The second-order valence-corrected chi connectivity index (χ2v) is 3.54. The maximum atomic E-state index is 11.2. The van der Waals surface area contributed by atoms with E-state index in [1.807, 2.05) is 0 Å². The van der Waals surface area contributed by atoms with Crippen molar-refractivity contribution in [2.75, 3.05) is 5.32 Å². The maximum absolute atomic E-state index is 11.2. The first-order valence-electron chi connectivity index (χ1n) is 3.81. The number of halogens is 1. The van der Waals surface area contributed by atoms with Gasteiger partial charge in [0, 0.05) is 0 Å². The Morgan fingerprint density at radius 3 is 3.15 bits per heavy atom. The molecule has 0 aliphatic carbocycles. The lowest BCUT2D eigenvalue weighted by atomic mass is 10.3. The largest absolute Gasteiger partial charge is 0.477 e. The van der Waals surface area contributed by atoms with Crippen LogP contribution in [0.2, 0.25) is 0 Å². The van der Waals surface area contributed by atoms with Gasteiger partial charge in [-0.05, 0) is 35.0 Å². The number of aromatic nitrogens is 1. The van der Waals surface area contributed by atoms with E-state index in [1.54, 1.807) is 19.1 Å². The maximum Gasteiger partial charge on any atom is 0.266 e. The summed E-state index contributed by atoms with van der Waals surface area (Å²) in [6.07, 6.45) is -0.449. The highest BCUT2D eigenvalue weighted by molar-refractivity contribution is 9.10. The second-order valence-electron chi connectivity index (χ2n) is 2.73. The van der Waals surface area contributed by atoms with E-state index in [1.165, 1.54) is 0 Å². The highest BCUT2D eigenvalue weighted by atomic mass is 79.9. The Kier molecular flexibility index (Phi) is 1.95. The summed E-state index contributed by atoms with van der Waals surface area (Å²) in [5.74, 6) is 0.908. The third-order valence-electron chi connectivity index (χ3n) is 1.74. The quantitative estimate of drug-likeness (QED) is 0.703. The lowest BCUT2D eigenvalue weighted by molar-refractivity contribution is -0.122. The molecule has 1 unspecified atom stereocenters. The van der Waals surface area contributed by atoms with Gasteiger partial charge in [-0.3, -0.25) is 4.79 Å². The number of fused-ring (bicyclic) bond motifs is 1. The lowest BCUT2D eigenvalue weighted by Gasteiger charge is -2.21. The van der Waals surface area contributed by atoms with Gasteiger partial charge < -0.3 is 10.1 Å². The molecule has 0 aromatic carbocycles. The summed E-state index contributed by atoms with van der Waals surface area (Å²) in [5.41, 5.74) is 0. The Bertz CT molecular complexity index is 367. The van der Waals surface area contributed by atoms with Gasteiger partial charge >= 0.3 is 0 Å². The molecule has 4 nitrogen and oxygen atoms in total. The molecule has 13 heavy (non-hydrogen) atoms. The zero-order valence-electron chi connectivity index (χ0n) is 6.87. The molecule has 1 aliphatic heterocycles. The molecule has 2 heterocycles. The van der Waals surface area contributed by atoms with Crippen molar-refractivity contribution in [3.05, 3.63) is 16.7 Å². The van der Waals surface area contributed by atoms with E-state index < -0.39 is 6.10 Å². The minimum absolute atomic E-state index is 0.168. The van der Waals surface area contributed by atoms with Gasteiger partial charge in [-0.1, -0.05) is 0 Å². The predicted octanol–water partition coefficient (Wildman–Crippen LogP) is 1.56. The molecule has 2 rings (SSSR count). The average molecular weight is 243 g/mol. The van der Waals surface area contributed by atoms with Crippen molar-refractivity contribution in [1.29, 1.82) is 0 Å². The molecule has 68 valence electrons. The van der Waals surface area contributed by atoms with Crippen LogP contribution >= 0.6 is 15.9 Å². The van der Waals surface area contributed by atoms with Crippen molar-refractivity contribution in [2.24, 2.45) is 0 Å². The van der Waals surface area contributed by atoms with E-state index in [0.29, 0.717) is 16.2 Å². The first kappa shape index (κ1) is 8.50. The number of rotatable bonds is 0. The van der Waals surface area contributed by atoms with Crippen molar-refractivity contribution in [1.82, 2.24) is 4.98 Å². The number of nitrogens with one attached hydrogen (secondary N) is 1. The molecule has 5 heteroatoms. The summed E-state index contributed by atoms with van der Waals surface area (Å²) in [5, 5.41) is 2.65. The third-order valence-corrected chi connectivity index (χ3v) is 2.18. The number of carbonyl (C=O) groups is 1. The van der Waals surface area contributed by atoms with E-state index in [9.17, 15) is 4.79 Å². The molecule has 1 aromatic rings. The number of ether oxygens (including phenoxy) is 1. The standard InChI is InChI=1S/C8H7BrN2O2/c1-4-8(12)11-7-5(13-4)2-3-6(9)10-7/h2-4H,1H3,(H,10,11,12). The molecule has 1 atom stereocenters. The Morgan fingerprint density at radius 1 is 1.62 bits per heavy atom. The van der Waals surface area contributed by atoms with Crippen molar-refractivity contribution < 1.29 is 9.53 Å². The van der Waals surface area contributed by atoms with Gasteiger partial charge in [-0.25, -0.2) is 4.98 Å². The number of amides is 1. The van der Waals surface area contributed by atoms with Crippen LogP contribution in [0.1, 0.15) is 6.92 Å². The molecule has 1 N–H and O–H groups in total. The SMILES string of the molecule is CC1Oc2ccc(Br)nc2NC1=O. The summed E-state index contributed by atoms with van der Waals surface area (Å²) in [7, 11) is 0. The first-order valence-corrected chi connectivity index (χ1v) is 4.60. The molecule has 0 radical (unpaired) electrons. The van der Waals surface area contributed by atoms with Gasteiger partial charge in [0.15, 0.2) is 17.7 Å². The summed E-state index contributed by atoms with van der Waals surface area (Å²) >= 11 is 3.21.